The van der Waals surface area contributed by atoms with Crippen molar-refractivity contribution in [3.05, 3.63) is 76.3 Å². The number of halogens is 2. The Hall–Kier alpha value is -2.94. The van der Waals surface area contributed by atoms with E-state index in [4.69, 9.17) is 32.7 Å². The van der Waals surface area contributed by atoms with Crippen molar-refractivity contribution in [3.8, 4) is 11.5 Å². The summed E-state index contributed by atoms with van der Waals surface area (Å²) in [5.74, 6) is 0.729. The Balaban J connectivity index is 1.52. The van der Waals surface area contributed by atoms with Gasteiger partial charge in [0.05, 0.1) is 14.9 Å². The van der Waals surface area contributed by atoms with E-state index in [0.29, 0.717) is 17.2 Å². The first kappa shape index (κ1) is 20.3. The van der Waals surface area contributed by atoms with Crippen LogP contribution in [0.15, 0.2) is 65.6 Å². The van der Waals surface area contributed by atoms with Crippen LogP contribution in [0.5, 0.6) is 11.5 Å². The molecule has 0 unspecified atom stereocenters. The molecule has 0 saturated heterocycles. The lowest BCUT2D eigenvalue weighted by Gasteiger charge is -2.11. The molecule has 30 heavy (non-hydrogen) atoms. The minimum atomic E-state index is -3.92. The van der Waals surface area contributed by atoms with Gasteiger partial charge >= 0.3 is 0 Å². The van der Waals surface area contributed by atoms with Crippen LogP contribution in [0.4, 0.5) is 11.4 Å². The van der Waals surface area contributed by atoms with Crippen LogP contribution in [0, 0.1) is 0 Å². The number of nitrogens with one attached hydrogen (secondary N) is 2. The molecule has 0 bridgehead atoms. The zero-order valence-electron chi connectivity index (χ0n) is 15.2. The number of carbonyl (C=O) groups excluding carboxylic acids is 1. The van der Waals surface area contributed by atoms with E-state index >= 15 is 0 Å². The summed E-state index contributed by atoms with van der Waals surface area (Å²) in [6.07, 6.45) is 0. The second-order valence-corrected chi connectivity index (χ2v) is 8.78. The van der Waals surface area contributed by atoms with Crippen molar-refractivity contribution in [2.45, 2.75) is 4.90 Å². The van der Waals surface area contributed by atoms with Gasteiger partial charge < -0.3 is 14.8 Å². The maximum absolute atomic E-state index is 12.6. The van der Waals surface area contributed by atoms with Gasteiger partial charge in [-0.05, 0) is 48.5 Å². The third-order valence-corrected chi connectivity index (χ3v) is 6.33. The van der Waals surface area contributed by atoms with Gasteiger partial charge in [0.15, 0.2) is 11.5 Å². The monoisotopic (exact) mass is 464 g/mol. The summed E-state index contributed by atoms with van der Waals surface area (Å²) in [5.41, 5.74) is 1.01. The highest BCUT2D eigenvalue weighted by Gasteiger charge is 2.18. The fourth-order valence-corrected chi connectivity index (χ4v) is 4.20. The van der Waals surface area contributed by atoms with Crippen LogP contribution in [0.3, 0.4) is 0 Å². The van der Waals surface area contributed by atoms with Crippen molar-refractivity contribution in [1.29, 1.82) is 0 Å². The summed E-state index contributed by atoms with van der Waals surface area (Å²) in [6.45, 7) is 0.133. The summed E-state index contributed by atoms with van der Waals surface area (Å²) in [5, 5.41) is 3.11. The maximum Gasteiger partial charge on any atom is 0.261 e. The van der Waals surface area contributed by atoms with Crippen LogP contribution in [-0.4, -0.2) is 21.1 Å². The third kappa shape index (κ3) is 4.30. The molecule has 1 aliphatic heterocycles. The van der Waals surface area contributed by atoms with Gasteiger partial charge in [0.2, 0.25) is 6.79 Å². The lowest BCUT2D eigenvalue weighted by Crippen LogP contribution is -2.15. The molecule has 4 rings (SSSR count). The number of amides is 1. The second kappa shape index (κ2) is 8.06. The molecule has 3 aromatic carbocycles. The molecule has 2 N–H and O–H groups in total. The van der Waals surface area contributed by atoms with Crippen molar-refractivity contribution < 1.29 is 22.7 Å². The number of fused-ring (bicyclic) bond motifs is 1. The van der Waals surface area contributed by atoms with Gasteiger partial charge in [-0.3, -0.25) is 9.52 Å². The van der Waals surface area contributed by atoms with Gasteiger partial charge in [-0.25, -0.2) is 8.42 Å². The molecule has 1 heterocycles. The molecule has 1 amide bonds. The summed E-state index contributed by atoms with van der Waals surface area (Å²) in [7, 11) is -3.92. The SMILES string of the molecule is O=C(Nc1ccc2c(c1)OCO2)c1cccc(NS(=O)(=O)c2ccc(Cl)c(Cl)c2)c1. The summed E-state index contributed by atoms with van der Waals surface area (Å²) < 4.78 is 38.2. The quantitative estimate of drug-likeness (QED) is 0.566. The minimum absolute atomic E-state index is 0.0490. The zero-order chi connectivity index (χ0) is 21.3. The number of hydrogen-bond donors (Lipinski definition) is 2. The van der Waals surface area contributed by atoms with E-state index in [2.05, 4.69) is 10.0 Å². The van der Waals surface area contributed by atoms with Gasteiger partial charge in [-0.2, -0.15) is 0 Å². The third-order valence-electron chi connectivity index (χ3n) is 4.21. The number of benzene rings is 3. The smallest absolute Gasteiger partial charge is 0.261 e. The Kier molecular flexibility index (Phi) is 5.46. The number of ether oxygens (including phenoxy) is 2. The zero-order valence-corrected chi connectivity index (χ0v) is 17.5. The van der Waals surface area contributed by atoms with E-state index in [1.165, 1.54) is 30.3 Å². The number of anilines is 2. The normalized spacial score (nSPS) is 12.5. The Bertz CT molecular complexity index is 1250. The van der Waals surface area contributed by atoms with Crippen LogP contribution in [-0.2, 0) is 10.0 Å². The fraction of sp³-hybridized carbons (Fsp3) is 0.0500. The number of carbonyl (C=O) groups is 1. The summed E-state index contributed by atoms with van der Waals surface area (Å²) in [4.78, 5) is 12.5. The molecule has 0 spiro atoms. The first-order chi connectivity index (χ1) is 14.3. The molecule has 1 aliphatic rings. The van der Waals surface area contributed by atoms with E-state index in [0.717, 1.165) is 0 Å². The van der Waals surface area contributed by atoms with E-state index in [1.54, 1.807) is 30.3 Å². The van der Waals surface area contributed by atoms with Gasteiger partial charge in [-0.1, -0.05) is 29.3 Å². The van der Waals surface area contributed by atoms with Crippen molar-refractivity contribution in [3.63, 3.8) is 0 Å². The van der Waals surface area contributed by atoms with Crippen LogP contribution in [0.1, 0.15) is 10.4 Å². The molecule has 7 nitrogen and oxygen atoms in total. The van der Waals surface area contributed by atoms with Crippen LogP contribution in [0.25, 0.3) is 0 Å². The highest BCUT2D eigenvalue weighted by molar-refractivity contribution is 7.92. The number of sulfonamides is 1. The summed E-state index contributed by atoms with van der Waals surface area (Å²) >= 11 is 11.7. The van der Waals surface area contributed by atoms with Crippen LogP contribution in [0.2, 0.25) is 10.0 Å². The highest BCUT2D eigenvalue weighted by atomic mass is 35.5. The molecule has 0 fully saturated rings. The molecule has 0 aromatic heterocycles. The van der Waals surface area contributed by atoms with Crippen molar-refractivity contribution in [2.24, 2.45) is 0 Å². The standard InChI is InChI=1S/C20H14Cl2N2O5S/c21-16-6-5-15(10-17(16)22)30(26,27)24-14-3-1-2-12(8-14)20(25)23-13-4-7-18-19(9-13)29-11-28-18/h1-10,24H,11H2,(H,23,25). The molecule has 154 valence electrons. The Labute approximate surface area is 182 Å². The van der Waals surface area contributed by atoms with E-state index < -0.39 is 15.9 Å². The van der Waals surface area contributed by atoms with Gasteiger partial charge in [0, 0.05) is 23.0 Å². The first-order valence-electron chi connectivity index (χ1n) is 8.61. The molecule has 0 atom stereocenters. The average molecular weight is 465 g/mol. The van der Waals surface area contributed by atoms with E-state index in [1.807, 2.05) is 0 Å². The highest BCUT2D eigenvalue weighted by Crippen LogP contribution is 2.34. The van der Waals surface area contributed by atoms with Gasteiger partial charge in [-0.15, -0.1) is 0 Å². The molecule has 0 saturated carbocycles. The average Bonchev–Trinajstić information content (AvgIpc) is 3.17. The second-order valence-electron chi connectivity index (χ2n) is 6.28. The Morgan fingerprint density at radius 2 is 1.67 bits per heavy atom. The van der Waals surface area contributed by atoms with Gasteiger partial charge in [0.25, 0.3) is 15.9 Å². The van der Waals surface area contributed by atoms with Crippen molar-refractivity contribution >= 4 is 50.5 Å². The van der Waals surface area contributed by atoms with Gasteiger partial charge in [0.1, 0.15) is 0 Å². The molecule has 0 radical (unpaired) electrons. The first-order valence-corrected chi connectivity index (χ1v) is 10.8. The molecular weight excluding hydrogens is 451 g/mol. The summed E-state index contributed by atoms with van der Waals surface area (Å²) in [6, 6.07) is 15.1. The van der Waals surface area contributed by atoms with Crippen molar-refractivity contribution in [2.75, 3.05) is 16.8 Å². The Morgan fingerprint density at radius 1 is 0.867 bits per heavy atom. The maximum atomic E-state index is 12.6. The fourth-order valence-electron chi connectivity index (χ4n) is 2.76. The predicted octanol–water partition coefficient (Wildman–Crippen LogP) is 4.78. The van der Waals surface area contributed by atoms with Crippen molar-refractivity contribution in [1.82, 2.24) is 0 Å². The molecular formula is C20H14Cl2N2O5S. The lowest BCUT2D eigenvalue weighted by molar-refractivity contribution is 0.102. The van der Waals surface area contributed by atoms with E-state index in [-0.39, 0.29) is 33.0 Å². The largest absolute Gasteiger partial charge is 0.454 e. The molecule has 3 aromatic rings. The van der Waals surface area contributed by atoms with Crippen LogP contribution >= 0.6 is 23.2 Å². The molecule has 10 heteroatoms. The number of rotatable bonds is 5. The Morgan fingerprint density at radius 3 is 2.47 bits per heavy atom. The predicted molar refractivity (Wildman–Crippen MR) is 114 cm³/mol. The molecule has 0 aliphatic carbocycles. The minimum Gasteiger partial charge on any atom is -0.454 e. The topological polar surface area (TPSA) is 93.7 Å². The lowest BCUT2D eigenvalue weighted by atomic mass is 10.2. The van der Waals surface area contributed by atoms with E-state index in [9.17, 15) is 13.2 Å². The number of hydrogen-bond acceptors (Lipinski definition) is 5. The van der Waals surface area contributed by atoms with Crippen LogP contribution < -0.4 is 19.5 Å².